The molecule has 2 aromatic heterocycles. The summed E-state index contributed by atoms with van der Waals surface area (Å²) in [5.41, 5.74) is 2.48. The van der Waals surface area contributed by atoms with E-state index < -0.39 is 0 Å². The van der Waals surface area contributed by atoms with E-state index in [-0.39, 0.29) is 48.0 Å². The average Bonchev–Trinajstić information content (AvgIpc) is 2.73. The number of piperazine rings is 1. The SMILES string of the molecule is CC(C)n1c(N2CC(c3ccc(Cl)cc3)NC(C)(C)C2)nc(-c2ccncc2)cc1=O.Cl.Cl. The van der Waals surface area contributed by atoms with Gasteiger partial charge in [0, 0.05) is 53.7 Å². The molecule has 0 spiro atoms. The van der Waals surface area contributed by atoms with Gasteiger partial charge in [0.1, 0.15) is 0 Å². The number of rotatable bonds is 4. The normalized spacial score (nSPS) is 17.3. The van der Waals surface area contributed by atoms with E-state index in [4.69, 9.17) is 16.6 Å². The predicted octanol–water partition coefficient (Wildman–Crippen LogP) is 5.31. The number of benzene rings is 1. The van der Waals surface area contributed by atoms with Gasteiger partial charge < -0.3 is 10.2 Å². The molecular formula is C24H30Cl3N5O. The Bertz CT molecular complexity index is 1120. The molecule has 1 aromatic carbocycles. The van der Waals surface area contributed by atoms with Crippen LogP contribution in [0.25, 0.3) is 11.3 Å². The molecule has 1 atom stereocenters. The number of pyridine rings is 1. The van der Waals surface area contributed by atoms with Crippen molar-refractivity contribution in [1.82, 2.24) is 19.9 Å². The fourth-order valence-corrected chi connectivity index (χ4v) is 4.35. The molecule has 0 amide bonds. The van der Waals surface area contributed by atoms with Crippen LogP contribution >= 0.6 is 36.4 Å². The summed E-state index contributed by atoms with van der Waals surface area (Å²) in [5, 5.41) is 4.45. The highest BCUT2D eigenvalue weighted by molar-refractivity contribution is 6.30. The quantitative estimate of drug-likeness (QED) is 0.515. The molecule has 1 fully saturated rings. The second-order valence-electron chi connectivity index (χ2n) is 8.99. The smallest absolute Gasteiger partial charge is 0.255 e. The average molecular weight is 511 g/mol. The molecule has 1 N–H and O–H groups in total. The minimum absolute atomic E-state index is 0. The minimum atomic E-state index is -0.172. The lowest BCUT2D eigenvalue weighted by molar-refractivity contribution is 0.287. The van der Waals surface area contributed by atoms with Gasteiger partial charge in [0.25, 0.3) is 5.56 Å². The van der Waals surface area contributed by atoms with Crippen LogP contribution in [0.5, 0.6) is 0 Å². The third-order valence-electron chi connectivity index (χ3n) is 5.54. The van der Waals surface area contributed by atoms with E-state index in [1.807, 2.05) is 38.1 Å². The molecule has 1 aliphatic rings. The van der Waals surface area contributed by atoms with Crippen LogP contribution in [0.15, 0.2) is 59.7 Å². The summed E-state index contributed by atoms with van der Waals surface area (Å²) in [6, 6.07) is 13.4. The van der Waals surface area contributed by atoms with Gasteiger partial charge in [-0.05, 0) is 57.5 Å². The number of nitrogens with zero attached hydrogens (tertiary/aromatic N) is 4. The second-order valence-corrected chi connectivity index (χ2v) is 9.43. The first-order chi connectivity index (χ1) is 14.7. The van der Waals surface area contributed by atoms with Crippen molar-refractivity contribution in [2.24, 2.45) is 0 Å². The molecule has 3 heterocycles. The Morgan fingerprint density at radius 1 is 1.09 bits per heavy atom. The fraction of sp³-hybridized carbons (Fsp3) is 0.375. The summed E-state index contributed by atoms with van der Waals surface area (Å²) in [5.74, 6) is 0.697. The minimum Gasteiger partial charge on any atom is -0.338 e. The van der Waals surface area contributed by atoms with Gasteiger partial charge in [-0.3, -0.25) is 14.3 Å². The van der Waals surface area contributed by atoms with Crippen LogP contribution in [-0.2, 0) is 0 Å². The van der Waals surface area contributed by atoms with Crippen LogP contribution in [-0.4, -0.2) is 33.2 Å². The summed E-state index contributed by atoms with van der Waals surface area (Å²) in [4.78, 5) is 24.4. The molecule has 0 radical (unpaired) electrons. The standard InChI is InChI=1S/C24H28ClN5O.2ClH/c1-16(2)30-22(31)13-20(18-9-11-26-12-10-18)27-23(30)29-14-21(28-24(3,4)15-29)17-5-7-19(25)8-6-17;;/h5-13,16,21,28H,14-15H2,1-4H3;2*1H. The summed E-state index contributed by atoms with van der Waals surface area (Å²) >= 11 is 6.10. The van der Waals surface area contributed by atoms with Gasteiger partial charge in [-0.2, -0.15) is 0 Å². The third-order valence-corrected chi connectivity index (χ3v) is 5.79. The Hall–Kier alpha value is -2.12. The number of halogens is 3. The molecule has 1 unspecified atom stereocenters. The van der Waals surface area contributed by atoms with Crippen LogP contribution in [0.3, 0.4) is 0 Å². The van der Waals surface area contributed by atoms with Gasteiger partial charge in [0.05, 0.1) is 11.7 Å². The Balaban J connectivity index is 0.00000193. The maximum Gasteiger partial charge on any atom is 0.255 e. The van der Waals surface area contributed by atoms with Crippen molar-refractivity contribution in [3.63, 3.8) is 0 Å². The Kier molecular flexibility index (Phi) is 8.94. The summed E-state index contributed by atoms with van der Waals surface area (Å²) in [7, 11) is 0. The van der Waals surface area contributed by atoms with Crippen LogP contribution in [0.2, 0.25) is 5.02 Å². The van der Waals surface area contributed by atoms with Crippen LogP contribution in [0.1, 0.15) is 45.3 Å². The molecule has 178 valence electrons. The number of hydrogen-bond donors (Lipinski definition) is 1. The highest BCUT2D eigenvalue weighted by Crippen LogP contribution is 2.30. The van der Waals surface area contributed by atoms with Gasteiger partial charge in [-0.15, -0.1) is 24.8 Å². The van der Waals surface area contributed by atoms with Gasteiger partial charge >= 0.3 is 0 Å². The molecule has 6 nitrogen and oxygen atoms in total. The molecular weight excluding hydrogens is 481 g/mol. The maximum atomic E-state index is 13.1. The summed E-state index contributed by atoms with van der Waals surface area (Å²) < 4.78 is 1.78. The molecule has 0 saturated carbocycles. The first kappa shape index (κ1) is 27.1. The Morgan fingerprint density at radius 2 is 1.73 bits per heavy atom. The molecule has 1 saturated heterocycles. The van der Waals surface area contributed by atoms with E-state index in [1.54, 1.807) is 23.0 Å². The van der Waals surface area contributed by atoms with Crippen molar-refractivity contribution >= 4 is 42.4 Å². The second kappa shape index (κ2) is 10.9. The molecule has 1 aliphatic heterocycles. The monoisotopic (exact) mass is 509 g/mol. The van der Waals surface area contributed by atoms with E-state index in [2.05, 4.69) is 41.2 Å². The first-order valence-corrected chi connectivity index (χ1v) is 10.9. The number of anilines is 1. The fourth-order valence-electron chi connectivity index (χ4n) is 4.22. The topological polar surface area (TPSA) is 63.1 Å². The first-order valence-electron chi connectivity index (χ1n) is 10.6. The number of hydrogen-bond acceptors (Lipinski definition) is 5. The van der Waals surface area contributed by atoms with Crippen molar-refractivity contribution in [1.29, 1.82) is 0 Å². The Morgan fingerprint density at radius 3 is 2.33 bits per heavy atom. The molecule has 4 rings (SSSR count). The van der Waals surface area contributed by atoms with Crippen molar-refractivity contribution < 1.29 is 0 Å². The van der Waals surface area contributed by atoms with E-state index in [1.165, 1.54) is 0 Å². The summed E-state index contributed by atoms with van der Waals surface area (Å²) in [6.07, 6.45) is 3.43. The zero-order chi connectivity index (χ0) is 22.2. The molecule has 9 heteroatoms. The highest BCUT2D eigenvalue weighted by Gasteiger charge is 2.35. The molecule has 3 aromatic rings. The van der Waals surface area contributed by atoms with Crippen molar-refractivity contribution in [3.8, 4) is 11.3 Å². The molecule has 33 heavy (non-hydrogen) atoms. The van der Waals surface area contributed by atoms with Gasteiger partial charge in [0.2, 0.25) is 5.95 Å². The molecule has 0 bridgehead atoms. The number of aromatic nitrogens is 3. The lowest BCUT2D eigenvalue weighted by Gasteiger charge is -2.45. The molecule has 0 aliphatic carbocycles. The predicted molar refractivity (Wildman–Crippen MR) is 140 cm³/mol. The van der Waals surface area contributed by atoms with Gasteiger partial charge in [-0.1, -0.05) is 23.7 Å². The van der Waals surface area contributed by atoms with E-state index >= 15 is 0 Å². The van der Waals surface area contributed by atoms with E-state index in [0.29, 0.717) is 18.2 Å². The van der Waals surface area contributed by atoms with Crippen LogP contribution < -0.4 is 15.8 Å². The van der Waals surface area contributed by atoms with Gasteiger partial charge in [-0.25, -0.2) is 4.98 Å². The van der Waals surface area contributed by atoms with Crippen molar-refractivity contribution in [3.05, 3.63) is 75.8 Å². The summed E-state index contributed by atoms with van der Waals surface area (Å²) in [6.45, 7) is 9.81. The van der Waals surface area contributed by atoms with E-state index in [0.717, 1.165) is 22.7 Å². The maximum absolute atomic E-state index is 13.1. The van der Waals surface area contributed by atoms with Gasteiger partial charge in [0.15, 0.2) is 0 Å². The largest absolute Gasteiger partial charge is 0.338 e. The zero-order valence-corrected chi connectivity index (χ0v) is 21.5. The number of nitrogens with one attached hydrogen (secondary N) is 1. The highest BCUT2D eigenvalue weighted by atomic mass is 35.5. The lowest BCUT2D eigenvalue weighted by atomic mass is 9.95. The van der Waals surface area contributed by atoms with E-state index in [9.17, 15) is 4.79 Å². The van der Waals surface area contributed by atoms with Crippen LogP contribution in [0, 0.1) is 0 Å². The lowest BCUT2D eigenvalue weighted by Crippen LogP contribution is -2.59. The van der Waals surface area contributed by atoms with Crippen molar-refractivity contribution in [2.45, 2.75) is 45.3 Å². The zero-order valence-electron chi connectivity index (χ0n) is 19.2. The third kappa shape index (κ3) is 6.07. The van der Waals surface area contributed by atoms with Crippen molar-refractivity contribution in [2.75, 3.05) is 18.0 Å². The Labute approximate surface area is 212 Å². The van der Waals surface area contributed by atoms with Crippen LogP contribution in [0.4, 0.5) is 5.95 Å².